The van der Waals surface area contributed by atoms with E-state index in [-0.39, 0.29) is 18.9 Å². The van der Waals surface area contributed by atoms with Crippen LogP contribution in [-0.2, 0) is 33.2 Å². The van der Waals surface area contributed by atoms with Gasteiger partial charge < -0.3 is 89.9 Å². The molecule has 0 aliphatic carbocycles. The molecule has 0 spiro atoms. The number of aliphatic hydroxyl groups excluding tert-OH is 11. The molecule has 0 radical (unpaired) electrons. The summed E-state index contributed by atoms with van der Waals surface area (Å²) in [5.74, 6) is -0.274. The van der Waals surface area contributed by atoms with Crippen molar-refractivity contribution in [3.63, 3.8) is 0 Å². The molecular weight excluding hydrogens is 1230 g/mol. The molecule has 3 saturated heterocycles. The highest BCUT2D eigenvalue weighted by Crippen LogP contribution is 2.33. The highest BCUT2D eigenvalue weighted by molar-refractivity contribution is 5.76. The van der Waals surface area contributed by atoms with Gasteiger partial charge in [-0.1, -0.05) is 279 Å². The van der Waals surface area contributed by atoms with Crippen molar-refractivity contribution >= 4 is 5.91 Å². The summed E-state index contributed by atoms with van der Waals surface area (Å²) in [5.41, 5.74) is 0. The van der Waals surface area contributed by atoms with Crippen LogP contribution in [0.3, 0.4) is 0 Å². The zero-order valence-corrected chi connectivity index (χ0v) is 59.3. The molecule has 0 aromatic carbocycles. The maximum Gasteiger partial charge on any atom is 0.220 e. The highest BCUT2D eigenvalue weighted by Gasteiger charge is 2.53. The Bertz CT molecular complexity index is 2020. The number of hydrogen-bond acceptors (Lipinski definition) is 18. The summed E-state index contributed by atoms with van der Waals surface area (Å²) in [7, 11) is 0. The molecule has 17 unspecified atom stereocenters. The van der Waals surface area contributed by atoms with E-state index in [2.05, 4.69) is 79.9 Å². The molecule has 17 atom stereocenters. The van der Waals surface area contributed by atoms with Crippen LogP contribution in [0, 0.1) is 0 Å². The van der Waals surface area contributed by atoms with Crippen LogP contribution >= 0.6 is 0 Å². The lowest BCUT2D eigenvalue weighted by Gasteiger charge is -2.48. The van der Waals surface area contributed by atoms with Crippen LogP contribution < -0.4 is 5.32 Å². The highest BCUT2D eigenvalue weighted by atomic mass is 16.8. The first-order valence-electron chi connectivity index (χ1n) is 38.2. The van der Waals surface area contributed by atoms with Crippen LogP contribution in [0.5, 0.6) is 0 Å². The first-order valence-corrected chi connectivity index (χ1v) is 38.2. The Morgan fingerprint density at radius 3 is 1.12 bits per heavy atom. The molecule has 0 aromatic rings. The summed E-state index contributed by atoms with van der Waals surface area (Å²) in [6, 6.07) is -0.975. The third-order valence-corrected chi connectivity index (χ3v) is 18.8. The molecule has 3 fully saturated rings. The van der Waals surface area contributed by atoms with Gasteiger partial charge in [0.05, 0.1) is 38.6 Å². The van der Waals surface area contributed by atoms with Crippen molar-refractivity contribution in [2.45, 2.75) is 381 Å². The van der Waals surface area contributed by atoms with Gasteiger partial charge in [-0.15, -0.1) is 0 Å². The largest absolute Gasteiger partial charge is 0.394 e. The smallest absolute Gasteiger partial charge is 0.220 e. The van der Waals surface area contributed by atoms with Crippen LogP contribution in [0.1, 0.15) is 277 Å². The minimum atomic E-state index is -1.98. The summed E-state index contributed by atoms with van der Waals surface area (Å²) in [6.45, 7) is 1.64. The molecule has 0 bridgehead atoms. The number of rotatable bonds is 59. The number of carbonyl (C=O) groups excluding carboxylic acids is 1. The molecule has 19 nitrogen and oxygen atoms in total. The molecule has 3 aliphatic heterocycles. The average Bonchev–Trinajstić information content (AvgIpc) is 0.787. The molecule has 0 saturated carbocycles. The molecule has 96 heavy (non-hydrogen) atoms. The molecule has 3 heterocycles. The van der Waals surface area contributed by atoms with Gasteiger partial charge in [0.2, 0.25) is 5.91 Å². The van der Waals surface area contributed by atoms with Gasteiger partial charge in [0.15, 0.2) is 18.9 Å². The van der Waals surface area contributed by atoms with Gasteiger partial charge in [-0.25, -0.2) is 0 Å². The average molecular weight is 1360 g/mol. The first kappa shape index (κ1) is 87.4. The van der Waals surface area contributed by atoms with Crippen LogP contribution in [0.4, 0.5) is 0 Å². The number of unbranched alkanes of at least 4 members (excludes halogenated alkanes) is 33. The number of allylic oxidation sites excluding steroid dienone is 11. The molecule has 558 valence electrons. The standard InChI is InChI=1S/C77H137NO18/c1-3-5-7-9-11-13-15-17-19-21-23-24-25-26-27-28-29-30-31-32-33-34-35-36-37-39-41-43-45-47-49-51-53-55-65(83)78-60(61(82)54-52-50-48-46-44-42-40-38-22-20-18-16-14-12-10-8-6-4-2)59-91-75-71(89)68(86)73(63(57-80)93-75)96-77-72(90)69(87)74(64(58-81)94-77)95-76-70(88)67(85)66(84)62(56-79)92-76/h5,7,11,13,17,19,23-24,26-27,52,54,60-64,66-77,79-82,84-90H,3-4,6,8-10,12,14-16,18,20-22,25,28-51,53,55-59H2,1-2H3,(H,78,83)/b7-5-,13-11-,19-17-,24-23-,27-26-,54-52+. The summed E-state index contributed by atoms with van der Waals surface area (Å²) >= 11 is 0. The van der Waals surface area contributed by atoms with Crippen molar-refractivity contribution in [3.05, 3.63) is 72.9 Å². The summed E-state index contributed by atoms with van der Waals surface area (Å²) in [4.78, 5) is 13.4. The van der Waals surface area contributed by atoms with E-state index in [1.54, 1.807) is 6.08 Å². The molecule has 3 aliphatic rings. The van der Waals surface area contributed by atoms with Crippen molar-refractivity contribution in [2.24, 2.45) is 0 Å². The molecule has 0 aromatic heterocycles. The van der Waals surface area contributed by atoms with E-state index in [4.69, 9.17) is 28.4 Å². The fourth-order valence-electron chi connectivity index (χ4n) is 12.6. The maximum atomic E-state index is 13.4. The predicted octanol–water partition coefficient (Wildman–Crippen LogP) is 11.7. The summed E-state index contributed by atoms with van der Waals surface area (Å²) < 4.78 is 34.4. The quantitative estimate of drug-likeness (QED) is 0.0199. The number of aliphatic hydroxyl groups is 11. The summed E-state index contributed by atoms with van der Waals surface area (Å²) in [5, 5.41) is 121. The number of carbonyl (C=O) groups is 1. The van der Waals surface area contributed by atoms with Gasteiger partial charge in [-0.3, -0.25) is 4.79 Å². The van der Waals surface area contributed by atoms with Crippen molar-refractivity contribution < 1.29 is 89.4 Å². The van der Waals surface area contributed by atoms with E-state index in [1.807, 2.05) is 6.08 Å². The van der Waals surface area contributed by atoms with Gasteiger partial charge >= 0.3 is 0 Å². The Morgan fingerprint density at radius 2 is 0.719 bits per heavy atom. The lowest BCUT2D eigenvalue weighted by Crippen LogP contribution is -2.66. The Morgan fingerprint density at radius 1 is 0.385 bits per heavy atom. The SMILES string of the molecule is CC/C=C\C/C=C\C/C=C\C/C=C\C/C=C\CCCCCCCCCCCCCCCCCCCC(=O)NC(COC1OC(CO)C(OC2OC(CO)C(OC3OC(CO)C(O)C(O)C3O)C(O)C2O)C(O)C1O)C(O)/C=C/CCCCCCCCCCCCCCCCCC. The Hall–Kier alpha value is -2.77. The monoisotopic (exact) mass is 1360 g/mol. The second-order valence-corrected chi connectivity index (χ2v) is 27.1. The van der Waals surface area contributed by atoms with Gasteiger partial charge in [0, 0.05) is 6.42 Å². The van der Waals surface area contributed by atoms with E-state index in [0.717, 1.165) is 77.0 Å². The molecule has 1 amide bonds. The Labute approximate surface area is 578 Å². The van der Waals surface area contributed by atoms with Gasteiger partial charge in [0.25, 0.3) is 0 Å². The number of nitrogens with one attached hydrogen (secondary N) is 1. The zero-order chi connectivity index (χ0) is 69.6. The molecule has 3 rings (SSSR count). The Kier molecular flexibility index (Phi) is 52.7. The van der Waals surface area contributed by atoms with E-state index in [1.165, 1.54) is 173 Å². The predicted molar refractivity (Wildman–Crippen MR) is 378 cm³/mol. The number of hydrogen-bond donors (Lipinski definition) is 12. The maximum absolute atomic E-state index is 13.4. The van der Waals surface area contributed by atoms with Crippen molar-refractivity contribution in [1.82, 2.24) is 5.32 Å². The van der Waals surface area contributed by atoms with E-state index >= 15 is 0 Å². The van der Waals surface area contributed by atoms with Gasteiger partial charge in [0.1, 0.15) is 73.2 Å². The second kappa shape index (κ2) is 57.8. The minimum Gasteiger partial charge on any atom is -0.394 e. The van der Waals surface area contributed by atoms with Crippen LogP contribution in [0.2, 0.25) is 0 Å². The van der Waals surface area contributed by atoms with Crippen LogP contribution in [0.25, 0.3) is 0 Å². The normalized spacial score (nSPS) is 27.4. The van der Waals surface area contributed by atoms with Crippen molar-refractivity contribution in [3.8, 4) is 0 Å². The topological polar surface area (TPSA) is 307 Å². The lowest BCUT2D eigenvalue weighted by molar-refractivity contribution is -0.379. The molecule has 19 heteroatoms. The lowest BCUT2D eigenvalue weighted by atomic mass is 9.96. The first-order chi connectivity index (χ1) is 46.8. The zero-order valence-electron chi connectivity index (χ0n) is 59.3. The number of ether oxygens (including phenoxy) is 6. The third kappa shape index (κ3) is 38.3. The molecular formula is C77H137NO18. The third-order valence-electron chi connectivity index (χ3n) is 18.8. The van der Waals surface area contributed by atoms with E-state index in [0.29, 0.717) is 6.42 Å². The van der Waals surface area contributed by atoms with E-state index in [9.17, 15) is 61.0 Å². The number of amides is 1. The van der Waals surface area contributed by atoms with Crippen molar-refractivity contribution in [2.75, 3.05) is 26.4 Å². The second-order valence-electron chi connectivity index (χ2n) is 27.1. The fourth-order valence-corrected chi connectivity index (χ4v) is 12.6. The fraction of sp³-hybridized carbons (Fsp3) is 0.831. The summed E-state index contributed by atoms with van der Waals surface area (Å²) in [6.07, 6.45) is 47.4. The van der Waals surface area contributed by atoms with Gasteiger partial charge in [-0.2, -0.15) is 0 Å². The van der Waals surface area contributed by atoms with Gasteiger partial charge in [-0.05, 0) is 64.2 Å². The Balaban J connectivity index is 1.36. The van der Waals surface area contributed by atoms with Crippen LogP contribution in [0.15, 0.2) is 72.9 Å². The van der Waals surface area contributed by atoms with E-state index < -0.39 is 124 Å². The van der Waals surface area contributed by atoms with Crippen LogP contribution in [-0.4, -0.2) is 193 Å². The van der Waals surface area contributed by atoms with Crippen molar-refractivity contribution in [1.29, 1.82) is 0 Å². The minimum absolute atomic E-state index is 0.242. The molecule has 12 N–H and O–H groups in total.